The largest absolute Gasteiger partial charge is 0.460 e. The van der Waals surface area contributed by atoms with Crippen molar-refractivity contribution in [2.24, 2.45) is 0 Å². The maximum Gasteiger partial charge on any atom is 0.316 e. The quantitative estimate of drug-likeness (QED) is 0.264. The Kier molecular flexibility index (Phi) is 5.74. The van der Waals surface area contributed by atoms with Crippen molar-refractivity contribution >= 4 is 35.0 Å². The first-order chi connectivity index (χ1) is 10.5. The Morgan fingerprint density at radius 1 is 1.27 bits per heavy atom. The summed E-state index contributed by atoms with van der Waals surface area (Å²) < 4.78 is 5.10. The van der Waals surface area contributed by atoms with Gasteiger partial charge in [0.25, 0.3) is 5.69 Å². The molecule has 22 heavy (non-hydrogen) atoms. The van der Waals surface area contributed by atoms with Crippen LogP contribution in [0.15, 0.2) is 47.5 Å². The summed E-state index contributed by atoms with van der Waals surface area (Å²) in [6.45, 7) is 0.129. The van der Waals surface area contributed by atoms with E-state index < -0.39 is 4.92 Å². The number of nitro groups is 1. The molecule has 1 heterocycles. The third-order valence-electron chi connectivity index (χ3n) is 2.59. The number of aromatic nitrogens is 1. The van der Waals surface area contributed by atoms with Gasteiger partial charge < -0.3 is 4.74 Å². The number of nitrogens with zero attached hydrogens (tertiary/aromatic N) is 2. The molecule has 0 aliphatic carbocycles. The van der Waals surface area contributed by atoms with E-state index in [1.54, 1.807) is 30.5 Å². The van der Waals surface area contributed by atoms with Gasteiger partial charge in [-0.25, -0.2) is 4.98 Å². The highest BCUT2D eigenvalue weighted by Gasteiger charge is 2.07. The van der Waals surface area contributed by atoms with Crippen molar-refractivity contribution in [3.05, 3.63) is 63.4 Å². The number of halogens is 1. The second-order valence-corrected chi connectivity index (χ2v) is 5.63. The number of rotatable bonds is 6. The van der Waals surface area contributed by atoms with Crippen LogP contribution < -0.4 is 0 Å². The van der Waals surface area contributed by atoms with Crippen LogP contribution in [0.1, 0.15) is 5.56 Å². The molecular formula is C14H11ClN2O4S. The van der Waals surface area contributed by atoms with Gasteiger partial charge in [0.05, 0.1) is 10.7 Å². The fourth-order valence-corrected chi connectivity index (χ4v) is 2.31. The fraction of sp³-hybridized carbons (Fsp3) is 0.143. The number of non-ortho nitro benzene ring substituents is 1. The first-order valence-electron chi connectivity index (χ1n) is 6.18. The zero-order chi connectivity index (χ0) is 15.9. The van der Waals surface area contributed by atoms with Crippen LogP contribution in [0.3, 0.4) is 0 Å². The molecule has 0 unspecified atom stereocenters. The van der Waals surface area contributed by atoms with E-state index in [-0.39, 0.29) is 24.0 Å². The molecular weight excluding hydrogens is 328 g/mol. The van der Waals surface area contributed by atoms with Gasteiger partial charge in [-0.3, -0.25) is 14.9 Å². The molecule has 0 amide bonds. The average molecular weight is 339 g/mol. The highest BCUT2D eigenvalue weighted by molar-refractivity contribution is 8.00. The van der Waals surface area contributed by atoms with Gasteiger partial charge in [0.1, 0.15) is 11.8 Å². The lowest BCUT2D eigenvalue weighted by molar-refractivity contribution is -0.384. The van der Waals surface area contributed by atoms with Crippen LogP contribution in [0, 0.1) is 10.1 Å². The van der Waals surface area contributed by atoms with Gasteiger partial charge in [0.15, 0.2) is 0 Å². The summed E-state index contributed by atoms with van der Waals surface area (Å²) in [7, 11) is 0. The van der Waals surface area contributed by atoms with Gasteiger partial charge in [-0.05, 0) is 18.2 Å². The number of pyridine rings is 1. The third kappa shape index (κ3) is 5.01. The summed E-state index contributed by atoms with van der Waals surface area (Å²) in [6, 6.07) is 9.33. The molecule has 0 spiro atoms. The molecule has 1 aromatic heterocycles. The van der Waals surface area contributed by atoms with Crippen LogP contribution in [0.5, 0.6) is 0 Å². The molecule has 2 rings (SSSR count). The summed E-state index contributed by atoms with van der Waals surface area (Å²) in [5.41, 5.74) is 0.764. The number of hydrogen-bond donors (Lipinski definition) is 0. The Bertz CT molecular complexity index is 662. The van der Waals surface area contributed by atoms with Crippen molar-refractivity contribution in [1.29, 1.82) is 0 Å². The first-order valence-corrected chi connectivity index (χ1v) is 7.54. The Balaban J connectivity index is 1.77. The Hall–Kier alpha value is -2.12. The minimum Gasteiger partial charge on any atom is -0.460 e. The third-order valence-corrected chi connectivity index (χ3v) is 3.80. The predicted octanol–water partition coefficient (Wildman–Crippen LogP) is 3.48. The molecule has 0 bridgehead atoms. The maximum atomic E-state index is 11.6. The van der Waals surface area contributed by atoms with Crippen molar-refractivity contribution < 1.29 is 14.5 Å². The Morgan fingerprint density at radius 3 is 2.59 bits per heavy atom. The molecule has 0 fully saturated rings. The minimum absolute atomic E-state index is 0.0159. The van der Waals surface area contributed by atoms with Crippen LogP contribution in [-0.2, 0) is 16.1 Å². The summed E-state index contributed by atoms with van der Waals surface area (Å²) >= 11 is 6.91. The topological polar surface area (TPSA) is 82.3 Å². The Labute approximate surface area is 135 Å². The second-order valence-electron chi connectivity index (χ2n) is 4.19. The zero-order valence-electron chi connectivity index (χ0n) is 11.3. The number of hydrogen-bond acceptors (Lipinski definition) is 6. The number of carbonyl (C=O) groups excluding carboxylic acids is 1. The van der Waals surface area contributed by atoms with E-state index in [0.29, 0.717) is 5.15 Å². The monoisotopic (exact) mass is 338 g/mol. The number of nitro benzene ring substituents is 1. The van der Waals surface area contributed by atoms with Crippen molar-refractivity contribution in [3.63, 3.8) is 0 Å². The molecule has 0 radical (unpaired) electrons. The number of esters is 1. The van der Waals surface area contributed by atoms with Gasteiger partial charge in [-0.15, -0.1) is 11.8 Å². The fourth-order valence-electron chi connectivity index (χ4n) is 1.50. The number of benzene rings is 1. The summed E-state index contributed by atoms with van der Waals surface area (Å²) in [6.07, 6.45) is 1.54. The molecule has 0 atom stereocenters. The summed E-state index contributed by atoms with van der Waals surface area (Å²) in [4.78, 5) is 26.3. The van der Waals surface area contributed by atoms with Gasteiger partial charge in [0, 0.05) is 28.8 Å². The lowest BCUT2D eigenvalue weighted by atomic mass is 10.3. The molecule has 0 N–H and O–H groups in total. The first kappa shape index (κ1) is 16.3. The normalized spacial score (nSPS) is 10.2. The van der Waals surface area contributed by atoms with Crippen LogP contribution in [-0.4, -0.2) is 21.6 Å². The van der Waals surface area contributed by atoms with Gasteiger partial charge in [-0.2, -0.15) is 0 Å². The lowest BCUT2D eigenvalue weighted by Gasteiger charge is -2.05. The molecule has 0 saturated carbocycles. The van der Waals surface area contributed by atoms with E-state index in [1.165, 1.54) is 23.9 Å². The molecule has 0 aliphatic rings. The molecule has 0 aliphatic heterocycles. The molecule has 0 saturated heterocycles. The van der Waals surface area contributed by atoms with E-state index >= 15 is 0 Å². The summed E-state index contributed by atoms with van der Waals surface area (Å²) in [5, 5.41) is 10.9. The molecule has 2 aromatic rings. The highest BCUT2D eigenvalue weighted by atomic mass is 35.5. The Morgan fingerprint density at radius 2 is 2.00 bits per heavy atom. The van der Waals surface area contributed by atoms with Crippen molar-refractivity contribution in [2.75, 3.05) is 5.75 Å². The molecule has 1 aromatic carbocycles. The predicted molar refractivity (Wildman–Crippen MR) is 82.9 cm³/mol. The van der Waals surface area contributed by atoms with Gasteiger partial charge in [-0.1, -0.05) is 17.7 Å². The molecule has 6 nitrogen and oxygen atoms in total. The highest BCUT2D eigenvalue weighted by Crippen LogP contribution is 2.21. The zero-order valence-corrected chi connectivity index (χ0v) is 12.8. The SMILES string of the molecule is O=C(CSc1ccc([N+](=O)[O-])cc1)OCc1ccc(Cl)nc1. The number of ether oxygens (including phenoxy) is 1. The van der Waals surface area contributed by atoms with Gasteiger partial charge in [0.2, 0.25) is 0 Å². The summed E-state index contributed by atoms with van der Waals surface area (Å²) in [5.74, 6) is -0.253. The van der Waals surface area contributed by atoms with Crippen LogP contribution >= 0.6 is 23.4 Å². The van der Waals surface area contributed by atoms with E-state index in [4.69, 9.17) is 16.3 Å². The van der Waals surface area contributed by atoms with Crippen molar-refractivity contribution in [1.82, 2.24) is 4.98 Å². The van der Waals surface area contributed by atoms with Crippen molar-refractivity contribution in [3.8, 4) is 0 Å². The van der Waals surface area contributed by atoms with E-state index in [2.05, 4.69) is 4.98 Å². The van der Waals surface area contributed by atoms with E-state index in [9.17, 15) is 14.9 Å². The van der Waals surface area contributed by atoms with E-state index in [1.807, 2.05) is 0 Å². The van der Waals surface area contributed by atoms with Crippen LogP contribution in [0.25, 0.3) is 0 Å². The standard InChI is InChI=1S/C14H11ClN2O4S/c15-13-6-1-10(7-16-13)8-21-14(18)9-22-12-4-2-11(3-5-12)17(19)20/h1-7H,8-9H2. The van der Waals surface area contributed by atoms with E-state index in [0.717, 1.165) is 10.5 Å². The average Bonchev–Trinajstić information content (AvgIpc) is 2.52. The van der Waals surface area contributed by atoms with Crippen molar-refractivity contribution in [2.45, 2.75) is 11.5 Å². The number of carbonyl (C=O) groups is 1. The maximum absolute atomic E-state index is 11.6. The lowest BCUT2D eigenvalue weighted by Crippen LogP contribution is -2.07. The minimum atomic E-state index is -0.469. The van der Waals surface area contributed by atoms with Crippen LogP contribution in [0.4, 0.5) is 5.69 Å². The second kappa shape index (κ2) is 7.77. The van der Waals surface area contributed by atoms with Crippen LogP contribution in [0.2, 0.25) is 5.15 Å². The van der Waals surface area contributed by atoms with Gasteiger partial charge >= 0.3 is 5.97 Å². The molecule has 114 valence electrons. The molecule has 8 heteroatoms. The smallest absolute Gasteiger partial charge is 0.316 e. The number of thioether (sulfide) groups is 1.